The minimum atomic E-state index is 1.16. The number of hydrogen-bond acceptors (Lipinski definition) is 0. The van der Waals surface area contributed by atoms with Crippen LogP contribution in [0.1, 0.15) is 43.7 Å². The van der Waals surface area contributed by atoms with Crippen molar-refractivity contribution < 1.29 is 0 Å². The molecule has 0 N–H and O–H groups in total. The van der Waals surface area contributed by atoms with E-state index in [1.54, 1.807) is 11.1 Å². The van der Waals surface area contributed by atoms with Gasteiger partial charge in [0.25, 0.3) is 0 Å². The summed E-state index contributed by atoms with van der Waals surface area (Å²) in [6.07, 6.45) is 8.95. The van der Waals surface area contributed by atoms with E-state index in [2.05, 4.69) is 37.3 Å². The molecule has 0 spiro atoms. The largest absolute Gasteiger partial charge is 0.0810 e. The third-order valence-electron chi connectivity index (χ3n) is 3.92. The second-order valence-corrected chi connectivity index (χ2v) is 4.91. The lowest BCUT2D eigenvalue weighted by molar-refractivity contribution is 0.704. The molecule has 0 fully saturated rings. The van der Waals surface area contributed by atoms with Gasteiger partial charge in [0.1, 0.15) is 0 Å². The van der Waals surface area contributed by atoms with Crippen molar-refractivity contribution in [3.05, 3.63) is 52.6 Å². The summed E-state index contributed by atoms with van der Waals surface area (Å²) in [5.41, 5.74) is 7.75. The number of fused-ring (bicyclic) bond motifs is 1. The van der Waals surface area contributed by atoms with Crippen LogP contribution >= 0.6 is 0 Å². The van der Waals surface area contributed by atoms with Gasteiger partial charge in [0.05, 0.1) is 0 Å². The molecule has 16 heavy (non-hydrogen) atoms. The topological polar surface area (TPSA) is 0 Å². The molecule has 0 saturated carbocycles. The molecule has 2 aliphatic carbocycles. The van der Waals surface area contributed by atoms with Gasteiger partial charge < -0.3 is 0 Å². The van der Waals surface area contributed by atoms with Crippen LogP contribution in [0.4, 0.5) is 0 Å². The van der Waals surface area contributed by atoms with E-state index in [9.17, 15) is 0 Å². The predicted molar refractivity (Wildman–Crippen MR) is 69.3 cm³/mol. The maximum atomic E-state index is 2.47. The van der Waals surface area contributed by atoms with Gasteiger partial charge in [-0.05, 0) is 66.9 Å². The van der Waals surface area contributed by atoms with E-state index in [1.807, 2.05) is 0 Å². The Morgan fingerprint density at radius 3 is 2.69 bits per heavy atom. The molecule has 0 radical (unpaired) electrons. The van der Waals surface area contributed by atoms with Gasteiger partial charge >= 0.3 is 0 Å². The zero-order chi connectivity index (χ0) is 11.0. The molecular weight excluding hydrogens is 192 g/mol. The van der Waals surface area contributed by atoms with E-state index in [4.69, 9.17) is 0 Å². The molecule has 1 aromatic carbocycles. The van der Waals surface area contributed by atoms with Crippen molar-refractivity contribution in [2.45, 2.75) is 39.0 Å². The molecule has 0 bridgehead atoms. The van der Waals surface area contributed by atoms with Gasteiger partial charge in [-0.2, -0.15) is 0 Å². The zero-order valence-corrected chi connectivity index (χ0v) is 9.92. The van der Waals surface area contributed by atoms with E-state index in [-0.39, 0.29) is 0 Å². The molecule has 2 aliphatic rings. The van der Waals surface area contributed by atoms with Crippen LogP contribution in [0.2, 0.25) is 0 Å². The van der Waals surface area contributed by atoms with Crippen molar-refractivity contribution in [1.29, 1.82) is 0 Å². The molecule has 0 heteroatoms. The molecule has 0 unspecified atom stereocenters. The quantitative estimate of drug-likeness (QED) is 0.639. The van der Waals surface area contributed by atoms with Gasteiger partial charge in [-0.1, -0.05) is 30.3 Å². The second kappa shape index (κ2) is 3.93. The lowest BCUT2D eigenvalue weighted by atomic mass is 9.91. The molecule has 0 nitrogen and oxygen atoms in total. The first-order valence-electron chi connectivity index (χ1n) is 6.33. The minimum absolute atomic E-state index is 1.16. The molecule has 3 rings (SSSR count). The SMILES string of the molecule is CC1=C(C2=CCCCC2)Cc2ccccc21. The van der Waals surface area contributed by atoms with Crippen molar-refractivity contribution in [3.63, 3.8) is 0 Å². The molecular formula is C16H18. The van der Waals surface area contributed by atoms with Gasteiger partial charge in [0.15, 0.2) is 0 Å². The Labute approximate surface area is 97.7 Å². The highest BCUT2D eigenvalue weighted by molar-refractivity contribution is 5.78. The van der Waals surface area contributed by atoms with E-state index >= 15 is 0 Å². The van der Waals surface area contributed by atoms with Crippen LogP contribution in [-0.4, -0.2) is 0 Å². The Balaban J connectivity index is 2.00. The Bertz CT molecular complexity index is 475. The summed E-state index contributed by atoms with van der Waals surface area (Å²) >= 11 is 0. The number of benzene rings is 1. The third-order valence-corrected chi connectivity index (χ3v) is 3.92. The number of rotatable bonds is 1. The van der Waals surface area contributed by atoms with Crippen molar-refractivity contribution in [1.82, 2.24) is 0 Å². The number of allylic oxidation sites excluding steroid dienone is 4. The molecule has 0 heterocycles. The molecule has 0 saturated heterocycles. The Hall–Kier alpha value is -1.30. The van der Waals surface area contributed by atoms with E-state index in [1.165, 1.54) is 42.4 Å². The molecule has 0 amide bonds. The fraction of sp³-hybridized carbons (Fsp3) is 0.375. The summed E-state index contributed by atoms with van der Waals surface area (Å²) in [5.74, 6) is 0. The summed E-state index contributed by atoms with van der Waals surface area (Å²) in [6.45, 7) is 2.29. The Kier molecular flexibility index (Phi) is 2.43. The maximum absolute atomic E-state index is 2.47. The highest BCUT2D eigenvalue weighted by atomic mass is 14.2. The lowest BCUT2D eigenvalue weighted by Gasteiger charge is -2.14. The van der Waals surface area contributed by atoms with Crippen LogP contribution in [0.5, 0.6) is 0 Å². The van der Waals surface area contributed by atoms with Crippen LogP contribution < -0.4 is 0 Å². The summed E-state index contributed by atoms with van der Waals surface area (Å²) in [6, 6.07) is 8.85. The second-order valence-electron chi connectivity index (χ2n) is 4.91. The molecule has 0 atom stereocenters. The smallest absolute Gasteiger partial charge is 0.00143 e. The zero-order valence-electron chi connectivity index (χ0n) is 9.92. The fourth-order valence-corrected chi connectivity index (χ4v) is 2.99. The molecule has 82 valence electrons. The molecule has 0 aromatic heterocycles. The van der Waals surface area contributed by atoms with Crippen LogP contribution in [0, 0.1) is 0 Å². The van der Waals surface area contributed by atoms with E-state index in [0.717, 1.165) is 6.42 Å². The van der Waals surface area contributed by atoms with Crippen LogP contribution in [-0.2, 0) is 6.42 Å². The van der Waals surface area contributed by atoms with Gasteiger partial charge in [-0.25, -0.2) is 0 Å². The van der Waals surface area contributed by atoms with Crippen molar-refractivity contribution in [3.8, 4) is 0 Å². The fourth-order valence-electron chi connectivity index (χ4n) is 2.99. The monoisotopic (exact) mass is 210 g/mol. The summed E-state index contributed by atoms with van der Waals surface area (Å²) in [4.78, 5) is 0. The lowest BCUT2D eigenvalue weighted by Crippen LogP contribution is -1.96. The third kappa shape index (κ3) is 1.53. The van der Waals surface area contributed by atoms with Crippen molar-refractivity contribution in [2.24, 2.45) is 0 Å². The molecule has 0 aliphatic heterocycles. The van der Waals surface area contributed by atoms with Gasteiger partial charge in [0, 0.05) is 0 Å². The van der Waals surface area contributed by atoms with Gasteiger partial charge in [-0.15, -0.1) is 0 Å². The minimum Gasteiger partial charge on any atom is -0.0810 e. The summed E-state index contributed by atoms with van der Waals surface area (Å²) in [7, 11) is 0. The highest BCUT2D eigenvalue weighted by Crippen LogP contribution is 2.38. The number of hydrogen-bond donors (Lipinski definition) is 0. The van der Waals surface area contributed by atoms with Crippen LogP contribution in [0.15, 0.2) is 41.5 Å². The first-order valence-corrected chi connectivity index (χ1v) is 6.33. The first-order chi connectivity index (χ1) is 7.86. The van der Waals surface area contributed by atoms with Crippen molar-refractivity contribution >= 4 is 5.57 Å². The predicted octanol–water partition coefficient (Wildman–Crippen LogP) is 4.52. The average Bonchev–Trinajstić information content (AvgIpc) is 2.69. The summed E-state index contributed by atoms with van der Waals surface area (Å²) < 4.78 is 0. The van der Waals surface area contributed by atoms with Gasteiger partial charge in [-0.3, -0.25) is 0 Å². The van der Waals surface area contributed by atoms with E-state index in [0.29, 0.717) is 0 Å². The Morgan fingerprint density at radius 2 is 1.94 bits per heavy atom. The van der Waals surface area contributed by atoms with Crippen molar-refractivity contribution in [2.75, 3.05) is 0 Å². The standard InChI is InChI=1S/C16H18/c1-12-15-10-6-5-9-14(15)11-16(12)13-7-3-2-4-8-13/h5-7,9-10H,2-4,8,11H2,1H3. The van der Waals surface area contributed by atoms with E-state index < -0.39 is 0 Å². The Morgan fingerprint density at radius 1 is 1.06 bits per heavy atom. The first kappa shape index (κ1) is 9.89. The van der Waals surface area contributed by atoms with Gasteiger partial charge in [0.2, 0.25) is 0 Å². The van der Waals surface area contributed by atoms with Crippen LogP contribution in [0.25, 0.3) is 5.57 Å². The maximum Gasteiger partial charge on any atom is -0.00143 e. The van der Waals surface area contributed by atoms with Crippen LogP contribution in [0.3, 0.4) is 0 Å². The highest BCUT2D eigenvalue weighted by Gasteiger charge is 2.20. The average molecular weight is 210 g/mol. The molecule has 1 aromatic rings. The normalized spacial score (nSPS) is 19.7. The summed E-state index contributed by atoms with van der Waals surface area (Å²) in [5, 5.41) is 0.